The van der Waals surface area contributed by atoms with Gasteiger partial charge in [0.2, 0.25) is 0 Å². The van der Waals surface area contributed by atoms with Crippen molar-refractivity contribution >= 4 is 98.1 Å². The van der Waals surface area contributed by atoms with Crippen molar-refractivity contribution in [1.82, 2.24) is 23.3 Å². The van der Waals surface area contributed by atoms with Crippen molar-refractivity contribution in [2.24, 2.45) is 0 Å². The monoisotopic (exact) mass is 789 g/mol. The molecule has 0 spiro atoms. The first-order valence-corrected chi connectivity index (χ1v) is 21.2. The molecule has 0 atom stereocenters. The van der Waals surface area contributed by atoms with Gasteiger partial charge in [0.05, 0.1) is 55.3 Å². The van der Waals surface area contributed by atoms with E-state index >= 15 is 0 Å². The van der Waals surface area contributed by atoms with E-state index in [-0.39, 0.29) is 0 Å². The molecule has 0 N–H and O–H groups in total. The number of fused-ring (bicyclic) bond motifs is 15. The van der Waals surface area contributed by atoms with Crippen LogP contribution in [-0.4, -0.2) is 23.3 Å². The average Bonchev–Trinajstić information content (AvgIpc) is 4.07. The predicted octanol–water partition coefficient (Wildman–Crippen LogP) is 14.6. The van der Waals surface area contributed by atoms with Gasteiger partial charge in [0.25, 0.3) is 0 Å². The largest absolute Gasteiger partial charge is 0.309 e. The maximum absolute atomic E-state index is 4.97. The molecule has 0 radical (unpaired) electrons. The maximum atomic E-state index is 4.97. The molecule has 14 aromatic rings. The van der Waals surface area contributed by atoms with Crippen molar-refractivity contribution in [2.45, 2.75) is 0 Å². The number of pyridine rings is 1. The highest BCUT2D eigenvalue weighted by Crippen LogP contribution is 2.45. The fourth-order valence-corrected chi connectivity index (χ4v) is 10.7. The van der Waals surface area contributed by atoms with Crippen LogP contribution < -0.4 is 0 Å². The third kappa shape index (κ3) is 4.43. The lowest BCUT2D eigenvalue weighted by molar-refractivity contribution is 1.13. The Morgan fingerprint density at radius 3 is 1.45 bits per heavy atom. The van der Waals surface area contributed by atoms with E-state index in [1.165, 1.54) is 70.7 Å². The summed E-state index contributed by atoms with van der Waals surface area (Å²) < 4.78 is 9.86. The Labute approximate surface area is 355 Å². The van der Waals surface area contributed by atoms with E-state index in [0.717, 1.165) is 50.2 Å². The van der Waals surface area contributed by atoms with Gasteiger partial charge in [-0.05, 0) is 72.8 Å². The number of hydrogen-bond donors (Lipinski definition) is 0. The van der Waals surface area contributed by atoms with Crippen LogP contribution in [-0.2, 0) is 0 Å². The van der Waals surface area contributed by atoms with Crippen LogP contribution in [0.1, 0.15) is 0 Å². The number of aromatic nitrogens is 5. The van der Waals surface area contributed by atoms with Gasteiger partial charge in [-0.25, -0.2) is 0 Å². The van der Waals surface area contributed by atoms with Crippen LogP contribution in [0.25, 0.3) is 121 Å². The van der Waals surface area contributed by atoms with Crippen LogP contribution in [0.4, 0.5) is 0 Å². The smallest absolute Gasteiger partial charge is 0.0942 e. The molecule has 62 heavy (non-hydrogen) atoms. The lowest BCUT2D eigenvalue weighted by Crippen LogP contribution is -2.01. The van der Waals surface area contributed by atoms with Crippen LogP contribution in [0.3, 0.4) is 0 Å². The second-order valence-corrected chi connectivity index (χ2v) is 16.3. The molecule has 0 aliphatic rings. The highest BCUT2D eigenvalue weighted by molar-refractivity contribution is 6.27. The van der Waals surface area contributed by atoms with E-state index in [1.54, 1.807) is 0 Å². The summed E-state index contributed by atoms with van der Waals surface area (Å²) in [6.07, 6.45) is 1.90. The Hall–Kier alpha value is -8.41. The van der Waals surface area contributed by atoms with Gasteiger partial charge in [-0.1, -0.05) is 133 Å². The number of hydrogen-bond acceptors (Lipinski definition) is 1. The normalized spacial score (nSPS) is 12.2. The van der Waals surface area contributed by atoms with Crippen LogP contribution in [0, 0.1) is 0 Å². The van der Waals surface area contributed by atoms with E-state index < -0.39 is 0 Å². The van der Waals surface area contributed by atoms with Crippen molar-refractivity contribution < 1.29 is 0 Å². The third-order valence-corrected chi connectivity index (χ3v) is 13.2. The van der Waals surface area contributed by atoms with E-state index in [2.05, 4.69) is 218 Å². The summed E-state index contributed by atoms with van der Waals surface area (Å²) >= 11 is 0. The molecular weight excluding hydrogens is 755 g/mol. The summed E-state index contributed by atoms with van der Waals surface area (Å²) in [4.78, 5) is 4.97. The lowest BCUT2D eigenvalue weighted by atomic mass is 10.1. The zero-order valence-corrected chi connectivity index (χ0v) is 33.4. The second-order valence-electron chi connectivity index (χ2n) is 16.3. The minimum Gasteiger partial charge on any atom is -0.309 e. The first-order chi connectivity index (χ1) is 30.8. The van der Waals surface area contributed by atoms with E-state index in [9.17, 15) is 0 Å². The van der Waals surface area contributed by atoms with Gasteiger partial charge in [0.1, 0.15) is 0 Å². The SMILES string of the molecule is c1ccc(-n2c3ccccc3c3c2ccc2c4ccccc4n(-c4cccc(-n5c6ccccc6c6ccc7c8ccccc8n(-c8cccc9cccnc89)c7c65)c4)c23)cc1. The third-order valence-electron chi connectivity index (χ3n) is 13.2. The minimum absolute atomic E-state index is 0.977. The van der Waals surface area contributed by atoms with Gasteiger partial charge in [0.15, 0.2) is 0 Å². The average molecular weight is 790 g/mol. The van der Waals surface area contributed by atoms with Gasteiger partial charge in [-0.15, -0.1) is 0 Å². The molecule has 0 saturated heterocycles. The minimum atomic E-state index is 0.977. The maximum Gasteiger partial charge on any atom is 0.0942 e. The summed E-state index contributed by atoms with van der Waals surface area (Å²) in [7, 11) is 0. The fraction of sp³-hybridized carbons (Fsp3) is 0. The lowest BCUT2D eigenvalue weighted by Gasteiger charge is -2.15. The molecule has 0 amide bonds. The van der Waals surface area contributed by atoms with Crippen molar-refractivity contribution in [3.05, 3.63) is 212 Å². The molecule has 0 fully saturated rings. The molecule has 5 heteroatoms. The van der Waals surface area contributed by atoms with Gasteiger partial charge >= 0.3 is 0 Å². The quantitative estimate of drug-likeness (QED) is 0.175. The summed E-state index contributed by atoms with van der Waals surface area (Å²) in [5, 5.41) is 10.9. The standard InChI is InChI=1S/C57H35N5/c1-2-17-37(18-3-1)59-50-28-11-7-24-46(50)53-51(59)33-32-43-40-21-4-8-25-47(40)60(55(43)53)38-19-13-20-39(35-38)61-48-26-9-5-22-41(48)44-30-31-45-42-23-6-10-27-49(42)62(57(45)56(44)61)52-29-12-15-36-16-14-34-58-54(36)52/h1-35H. The molecule has 0 saturated carbocycles. The Morgan fingerprint density at radius 2 is 0.774 bits per heavy atom. The van der Waals surface area contributed by atoms with Crippen LogP contribution in [0.5, 0.6) is 0 Å². The summed E-state index contributed by atoms with van der Waals surface area (Å²) in [5.41, 5.74) is 14.8. The summed E-state index contributed by atoms with van der Waals surface area (Å²) in [6.45, 7) is 0. The summed E-state index contributed by atoms with van der Waals surface area (Å²) in [5.74, 6) is 0. The van der Waals surface area contributed by atoms with Crippen molar-refractivity contribution in [1.29, 1.82) is 0 Å². The molecule has 5 heterocycles. The molecule has 5 aromatic heterocycles. The molecule has 0 aliphatic heterocycles. The second kappa shape index (κ2) is 12.6. The van der Waals surface area contributed by atoms with E-state index in [4.69, 9.17) is 4.98 Å². The first kappa shape index (κ1) is 33.4. The molecule has 9 aromatic carbocycles. The molecular formula is C57H35N5. The molecule has 288 valence electrons. The zero-order valence-electron chi connectivity index (χ0n) is 33.4. The molecule has 0 bridgehead atoms. The molecule has 0 unspecified atom stereocenters. The Balaban J connectivity index is 1.11. The number of rotatable bonds is 4. The Kier molecular flexibility index (Phi) is 6.77. The zero-order chi connectivity index (χ0) is 40.5. The van der Waals surface area contributed by atoms with Crippen molar-refractivity contribution in [3.63, 3.8) is 0 Å². The van der Waals surface area contributed by atoms with Crippen LogP contribution in [0.2, 0.25) is 0 Å². The van der Waals surface area contributed by atoms with E-state index in [0.29, 0.717) is 0 Å². The van der Waals surface area contributed by atoms with Crippen LogP contribution >= 0.6 is 0 Å². The Bertz CT molecular complexity index is 4150. The number of nitrogens with zero attached hydrogens (tertiary/aromatic N) is 5. The summed E-state index contributed by atoms with van der Waals surface area (Å²) in [6, 6.07) is 75.2. The molecule has 14 rings (SSSR count). The predicted molar refractivity (Wildman–Crippen MR) is 259 cm³/mol. The fourth-order valence-electron chi connectivity index (χ4n) is 10.7. The number of benzene rings is 9. The van der Waals surface area contributed by atoms with Crippen LogP contribution in [0.15, 0.2) is 212 Å². The van der Waals surface area contributed by atoms with Crippen molar-refractivity contribution in [2.75, 3.05) is 0 Å². The van der Waals surface area contributed by atoms with Gasteiger partial charge in [0, 0.05) is 71.7 Å². The molecule has 0 aliphatic carbocycles. The van der Waals surface area contributed by atoms with E-state index in [1.807, 2.05) is 12.3 Å². The van der Waals surface area contributed by atoms with Gasteiger partial charge in [-0.2, -0.15) is 0 Å². The van der Waals surface area contributed by atoms with Gasteiger partial charge in [-0.3, -0.25) is 4.98 Å². The number of para-hydroxylation sites is 6. The topological polar surface area (TPSA) is 32.6 Å². The Morgan fingerprint density at radius 1 is 0.290 bits per heavy atom. The highest BCUT2D eigenvalue weighted by atomic mass is 15.1. The van der Waals surface area contributed by atoms with Crippen molar-refractivity contribution in [3.8, 4) is 22.7 Å². The first-order valence-electron chi connectivity index (χ1n) is 21.2. The highest BCUT2D eigenvalue weighted by Gasteiger charge is 2.24. The molecule has 5 nitrogen and oxygen atoms in total. The van der Waals surface area contributed by atoms with Gasteiger partial charge < -0.3 is 18.3 Å².